The van der Waals surface area contributed by atoms with Gasteiger partial charge in [0.05, 0.1) is 0 Å². The Morgan fingerprint density at radius 3 is 2.94 bits per heavy atom. The molecule has 0 radical (unpaired) electrons. The Balaban J connectivity index is 1.51. The van der Waals surface area contributed by atoms with Crippen molar-refractivity contribution < 1.29 is 0 Å². The Hall–Kier alpha value is -0.0800. The second-order valence-corrected chi connectivity index (χ2v) is 6.46. The van der Waals surface area contributed by atoms with Gasteiger partial charge in [0.1, 0.15) is 0 Å². The highest BCUT2D eigenvalue weighted by atomic mass is 15.0. The minimum Gasteiger partial charge on any atom is -0.315 e. The topological polar surface area (TPSA) is 24.1 Å². The Bertz CT molecular complexity index is 215. The maximum absolute atomic E-state index is 3.71. The normalized spacial score (nSPS) is 32.3. The molecule has 0 spiro atoms. The van der Waals surface area contributed by atoms with Crippen molar-refractivity contribution in [3.63, 3.8) is 0 Å². The molecule has 3 atom stereocenters. The zero-order valence-electron chi connectivity index (χ0n) is 11.7. The monoisotopic (exact) mass is 238 g/mol. The highest BCUT2D eigenvalue weighted by molar-refractivity contribution is 4.94. The fraction of sp³-hybridized carbons (Fsp3) is 1.00. The average Bonchev–Trinajstić information content (AvgIpc) is 2.86. The van der Waals surface area contributed by atoms with Gasteiger partial charge in [-0.25, -0.2) is 0 Å². The summed E-state index contributed by atoms with van der Waals surface area (Å²) in [5.74, 6) is 2.85. The van der Waals surface area contributed by atoms with Gasteiger partial charge in [-0.3, -0.25) is 0 Å². The van der Waals surface area contributed by atoms with Crippen LogP contribution in [-0.2, 0) is 0 Å². The van der Waals surface area contributed by atoms with Crippen LogP contribution in [0.5, 0.6) is 0 Å². The predicted molar refractivity (Wildman–Crippen MR) is 74.2 cm³/mol. The summed E-state index contributed by atoms with van der Waals surface area (Å²) in [6.07, 6.45) is 8.53. The highest BCUT2D eigenvalue weighted by Gasteiger charge is 2.38. The number of nitrogens with one attached hydrogen (secondary N) is 2. The quantitative estimate of drug-likeness (QED) is 0.667. The third-order valence-corrected chi connectivity index (χ3v) is 4.63. The third kappa shape index (κ3) is 3.96. The van der Waals surface area contributed by atoms with E-state index in [0.717, 1.165) is 23.8 Å². The van der Waals surface area contributed by atoms with Crippen LogP contribution in [0.3, 0.4) is 0 Å². The molecular formula is C15H30N2. The van der Waals surface area contributed by atoms with Crippen LogP contribution in [0.4, 0.5) is 0 Å². The second kappa shape index (κ2) is 6.75. The van der Waals surface area contributed by atoms with E-state index in [-0.39, 0.29) is 0 Å². The van der Waals surface area contributed by atoms with Crippen molar-refractivity contribution in [3.05, 3.63) is 0 Å². The van der Waals surface area contributed by atoms with E-state index in [1.165, 1.54) is 58.2 Å². The van der Waals surface area contributed by atoms with E-state index in [1.54, 1.807) is 0 Å². The standard InChI is InChI=1S/C15H30N2/c1-12(2)6-3-4-9-16-11-15-14-8-5-7-13(14)10-17-15/h12-17H,3-11H2,1-2H3. The Morgan fingerprint density at radius 2 is 2.12 bits per heavy atom. The summed E-state index contributed by atoms with van der Waals surface area (Å²) in [6.45, 7) is 8.32. The largest absolute Gasteiger partial charge is 0.315 e. The smallest absolute Gasteiger partial charge is 0.0223 e. The van der Waals surface area contributed by atoms with E-state index >= 15 is 0 Å². The molecule has 0 aromatic rings. The number of fused-ring (bicyclic) bond motifs is 1. The molecule has 0 amide bonds. The van der Waals surface area contributed by atoms with Gasteiger partial charge in [-0.05, 0) is 50.1 Å². The summed E-state index contributed by atoms with van der Waals surface area (Å²) in [5.41, 5.74) is 0. The van der Waals surface area contributed by atoms with Crippen molar-refractivity contribution >= 4 is 0 Å². The first-order valence-corrected chi connectivity index (χ1v) is 7.71. The molecule has 100 valence electrons. The molecule has 2 heteroatoms. The summed E-state index contributed by atoms with van der Waals surface area (Å²) in [5, 5.41) is 7.36. The molecule has 2 nitrogen and oxygen atoms in total. The fourth-order valence-electron chi connectivity index (χ4n) is 3.59. The van der Waals surface area contributed by atoms with Crippen LogP contribution in [0.15, 0.2) is 0 Å². The Kier molecular flexibility index (Phi) is 5.30. The molecule has 3 unspecified atom stereocenters. The van der Waals surface area contributed by atoms with Crippen LogP contribution in [-0.4, -0.2) is 25.7 Å². The lowest BCUT2D eigenvalue weighted by molar-refractivity contribution is 0.391. The first-order chi connectivity index (χ1) is 8.27. The van der Waals surface area contributed by atoms with Crippen LogP contribution >= 0.6 is 0 Å². The van der Waals surface area contributed by atoms with Crippen molar-refractivity contribution in [1.29, 1.82) is 0 Å². The number of hydrogen-bond acceptors (Lipinski definition) is 2. The second-order valence-electron chi connectivity index (χ2n) is 6.46. The molecule has 0 aromatic heterocycles. The molecule has 0 aromatic carbocycles. The number of rotatable bonds is 7. The minimum absolute atomic E-state index is 0.771. The van der Waals surface area contributed by atoms with Gasteiger partial charge in [0, 0.05) is 12.6 Å². The SMILES string of the molecule is CC(C)CCCCNCC1NCC2CCCC21. The molecule has 2 aliphatic rings. The molecule has 1 aliphatic carbocycles. The molecule has 17 heavy (non-hydrogen) atoms. The van der Waals surface area contributed by atoms with E-state index in [2.05, 4.69) is 24.5 Å². The van der Waals surface area contributed by atoms with Gasteiger partial charge in [-0.1, -0.05) is 33.1 Å². The van der Waals surface area contributed by atoms with Gasteiger partial charge in [0.15, 0.2) is 0 Å². The maximum atomic E-state index is 3.71. The lowest BCUT2D eigenvalue weighted by atomic mass is 9.94. The Labute approximate surface area is 107 Å². The molecular weight excluding hydrogens is 208 g/mol. The van der Waals surface area contributed by atoms with Gasteiger partial charge in [-0.2, -0.15) is 0 Å². The van der Waals surface area contributed by atoms with Gasteiger partial charge in [0.25, 0.3) is 0 Å². The van der Waals surface area contributed by atoms with Gasteiger partial charge in [-0.15, -0.1) is 0 Å². The van der Waals surface area contributed by atoms with Crippen molar-refractivity contribution in [2.24, 2.45) is 17.8 Å². The van der Waals surface area contributed by atoms with Crippen LogP contribution in [0.2, 0.25) is 0 Å². The first kappa shape index (κ1) is 13.4. The van der Waals surface area contributed by atoms with Crippen LogP contribution < -0.4 is 10.6 Å². The summed E-state index contributed by atoms with van der Waals surface area (Å²) >= 11 is 0. The lowest BCUT2D eigenvalue weighted by Crippen LogP contribution is -2.38. The van der Waals surface area contributed by atoms with Crippen molar-refractivity contribution in [1.82, 2.24) is 10.6 Å². The highest BCUT2D eigenvalue weighted by Crippen LogP contribution is 2.37. The van der Waals surface area contributed by atoms with E-state index in [4.69, 9.17) is 0 Å². The van der Waals surface area contributed by atoms with Crippen molar-refractivity contribution in [3.8, 4) is 0 Å². The molecule has 2 rings (SSSR count). The molecule has 2 N–H and O–H groups in total. The van der Waals surface area contributed by atoms with Crippen LogP contribution in [0.25, 0.3) is 0 Å². The summed E-state index contributed by atoms with van der Waals surface area (Å²) in [4.78, 5) is 0. The maximum Gasteiger partial charge on any atom is 0.0223 e. The lowest BCUT2D eigenvalue weighted by Gasteiger charge is -2.18. The van der Waals surface area contributed by atoms with E-state index in [9.17, 15) is 0 Å². The third-order valence-electron chi connectivity index (χ3n) is 4.63. The van der Waals surface area contributed by atoms with E-state index in [1.807, 2.05) is 0 Å². The molecule has 1 saturated carbocycles. The zero-order valence-corrected chi connectivity index (χ0v) is 11.7. The van der Waals surface area contributed by atoms with Crippen molar-refractivity contribution in [2.45, 2.75) is 58.4 Å². The fourth-order valence-corrected chi connectivity index (χ4v) is 3.59. The summed E-state index contributed by atoms with van der Waals surface area (Å²) < 4.78 is 0. The minimum atomic E-state index is 0.771. The van der Waals surface area contributed by atoms with E-state index < -0.39 is 0 Å². The number of hydrogen-bond donors (Lipinski definition) is 2. The molecule has 1 heterocycles. The van der Waals surface area contributed by atoms with Gasteiger partial charge >= 0.3 is 0 Å². The van der Waals surface area contributed by atoms with Gasteiger partial charge < -0.3 is 10.6 Å². The summed E-state index contributed by atoms with van der Waals surface area (Å²) in [6, 6.07) is 0.771. The number of unbranched alkanes of at least 4 members (excludes halogenated alkanes) is 1. The van der Waals surface area contributed by atoms with Crippen LogP contribution in [0.1, 0.15) is 52.4 Å². The first-order valence-electron chi connectivity index (χ1n) is 7.71. The average molecular weight is 238 g/mol. The Morgan fingerprint density at radius 1 is 1.24 bits per heavy atom. The van der Waals surface area contributed by atoms with Crippen molar-refractivity contribution in [2.75, 3.05) is 19.6 Å². The molecule has 2 fully saturated rings. The molecule has 0 bridgehead atoms. The zero-order chi connectivity index (χ0) is 12.1. The van der Waals surface area contributed by atoms with E-state index in [0.29, 0.717) is 0 Å². The molecule has 1 saturated heterocycles. The molecule has 1 aliphatic heterocycles. The van der Waals surface area contributed by atoms with Crippen LogP contribution in [0, 0.1) is 17.8 Å². The predicted octanol–water partition coefficient (Wildman–Crippen LogP) is 2.79. The van der Waals surface area contributed by atoms with Gasteiger partial charge in [0.2, 0.25) is 0 Å². The summed E-state index contributed by atoms with van der Waals surface area (Å²) in [7, 11) is 0.